The number of hydrogen-bond acceptors (Lipinski definition) is 3. The van der Waals surface area contributed by atoms with Crippen molar-refractivity contribution in [2.24, 2.45) is 0 Å². The predicted octanol–water partition coefficient (Wildman–Crippen LogP) is 12.2. The minimum absolute atomic E-state index is 0.0540. The Hall–Kier alpha value is -5.38. The molecular weight excluding hydrogens is 543 g/mol. The fourth-order valence-electron chi connectivity index (χ4n) is 6.26. The van der Waals surface area contributed by atoms with Crippen molar-refractivity contribution in [1.82, 2.24) is 0 Å². The highest BCUT2D eigenvalue weighted by Crippen LogP contribution is 2.49. The molecule has 0 unspecified atom stereocenters. The van der Waals surface area contributed by atoms with Crippen LogP contribution in [0.5, 0.6) is 0 Å². The molecule has 0 spiro atoms. The molecule has 0 atom stereocenters. The summed E-state index contributed by atoms with van der Waals surface area (Å²) in [5, 5.41) is 6.38. The summed E-state index contributed by atoms with van der Waals surface area (Å²) in [6.07, 6.45) is 0. The van der Waals surface area contributed by atoms with Crippen LogP contribution in [0, 0.1) is 0 Å². The monoisotopic (exact) mass is 572 g/mol. The molecular formula is C40H25NOS. The van der Waals surface area contributed by atoms with Gasteiger partial charge in [-0.25, -0.2) is 0 Å². The highest BCUT2D eigenvalue weighted by Gasteiger charge is 2.23. The zero-order valence-corrected chi connectivity index (χ0v) is 23.6. The Morgan fingerprint density at radius 3 is 2.00 bits per heavy atom. The van der Waals surface area contributed by atoms with Crippen molar-refractivity contribution in [2.45, 2.75) is 0 Å². The van der Waals surface area contributed by atoms with Crippen LogP contribution < -0.4 is 4.90 Å². The van der Waals surface area contributed by atoms with E-state index in [-0.39, 0.29) is 17.8 Å². The van der Waals surface area contributed by atoms with E-state index in [1.807, 2.05) is 84.9 Å². The molecule has 0 aliphatic rings. The second-order valence-corrected chi connectivity index (χ2v) is 11.6. The van der Waals surface area contributed by atoms with E-state index in [0.29, 0.717) is 17.0 Å². The fourth-order valence-corrected chi connectivity index (χ4v) is 7.53. The lowest BCUT2D eigenvalue weighted by atomic mass is 10.00. The molecule has 0 aliphatic carbocycles. The largest absolute Gasteiger partial charge is 0.453 e. The van der Waals surface area contributed by atoms with Crippen LogP contribution in [0.1, 0.15) is 6.85 Å². The lowest BCUT2D eigenvalue weighted by molar-refractivity contribution is 0.673. The summed E-state index contributed by atoms with van der Waals surface area (Å²) >= 11 is 1.74. The molecule has 202 valence electrons. The first-order chi connectivity index (χ1) is 23.4. The Labute approximate surface area is 259 Å². The summed E-state index contributed by atoms with van der Waals surface area (Å²) < 4.78 is 52.5. The number of thiophene rings is 1. The van der Waals surface area contributed by atoms with Crippen LogP contribution in [0.25, 0.3) is 64.0 Å². The van der Waals surface area contributed by atoms with Crippen molar-refractivity contribution < 1.29 is 11.3 Å². The summed E-state index contributed by atoms with van der Waals surface area (Å²) in [5.41, 5.74) is 4.65. The number of hydrogen-bond donors (Lipinski definition) is 0. The summed E-state index contributed by atoms with van der Waals surface area (Å²) in [4.78, 5) is 1.74. The molecule has 2 heterocycles. The molecule has 9 aromatic rings. The highest BCUT2D eigenvalue weighted by molar-refractivity contribution is 7.27. The molecule has 0 radical (unpaired) electrons. The molecule has 2 nitrogen and oxygen atoms in total. The molecule has 3 heteroatoms. The van der Waals surface area contributed by atoms with Gasteiger partial charge in [0.2, 0.25) is 0 Å². The van der Waals surface area contributed by atoms with E-state index in [4.69, 9.17) is 11.3 Å². The third-order valence-electron chi connectivity index (χ3n) is 8.14. The van der Waals surface area contributed by atoms with Gasteiger partial charge in [0.05, 0.1) is 12.5 Å². The Morgan fingerprint density at radius 1 is 0.512 bits per heavy atom. The van der Waals surface area contributed by atoms with Gasteiger partial charge in [0.15, 0.2) is 5.58 Å². The third-order valence-corrected chi connectivity index (χ3v) is 9.33. The van der Waals surface area contributed by atoms with Crippen LogP contribution in [-0.2, 0) is 0 Å². The van der Waals surface area contributed by atoms with Crippen LogP contribution >= 0.6 is 11.3 Å². The molecule has 0 bridgehead atoms. The topological polar surface area (TPSA) is 16.4 Å². The third kappa shape index (κ3) is 3.72. The summed E-state index contributed by atoms with van der Waals surface area (Å²) in [6.45, 7) is 0. The van der Waals surface area contributed by atoms with E-state index >= 15 is 0 Å². The summed E-state index contributed by atoms with van der Waals surface area (Å²) in [7, 11) is 0. The molecule has 0 N–H and O–H groups in total. The van der Waals surface area contributed by atoms with Crippen LogP contribution in [0.15, 0.2) is 156 Å². The van der Waals surface area contributed by atoms with Gasteiger partial charge < -0.3 is 9.32 Å². The van der Waals surface area contributed by atoms with E-state index in [9.17, 15) is 0 Å². The average molecular weight is 573 g/mol. The first-order valence-corrected chi connectivity index (χ1v) is 14.9. The number of nitrogens with zero attached hydrogens (tertiary/aromatic N) is 1. The van der Waals surface area contributed by atoms with Crippen molar-refractivity contribution in [2.75, 3.05) is 4.90 Å². The molecule has 0 saturated carbocycles. The van der Waals surface area contributed by atoms with Crippen LogP contribution in [0.3, 0.4) is 0 Å². The zero-order chi connectivity index (χ0) is 32.7. The normalized spacial score (nSPS) is 13.3. The number of rotatable bonds is 4. The summed E-state index contributed by atoms with van der Waals surface area (Å²) in [6, 6.07) is 38.6. The van der Waals surface area contributed by atoms with Gasteiger partial charge in [0.25, 0.3) is 0 Å². The highest BCUT2D eigenvalue weighted by atomic mass is 32.1. The van der Waals surface area contributed by atoms with Gasteiger partial charge >= 0.3 is 0 Å². The van der Waals surface area contributed by atoms with E-state index in [0.717, 1.165) is 43.0 Å². The molecule has 2 aromatic heterocycles. The summed E-state index contributed by atoms with van der Waals surface area (Å²) in [5.74, 6) is 0. The van der Waals surface area contributed by atoms with Gasteiger partial charge in [-0.15, -0.1) is 11.3 Å². The Balaban J connectivity index is 1.39. The van der Waals surface area contributed by atoms with Crippen molar-refractivity contribution in [1.29, 1.82) is 0 Å². The van der Waals surface area contributed by atoms with Gasteiger partial charge in [0.1, 0.15) is 5.58 Å². The van der Waals surface area contributed by atoms with Crippen molar-refractivity contribution in [3.8, 4) is 11.1 Å². The van der Waals surface area contributed by atoms with Gasteiger partial charge in [-0.2, -0.15) is 0 Å². The van der Waals surface area contributed by atoms with Crippen LogP contribution in [0.4, 0.5) is 17.1 Å². The van der Waals surface area contributed by atoms with Crippen LogP contribution in [0.2, 0.25) is 0 Å². The minimum atomic E-state index is -0.436. The molecule has 7 aromatic carbocycles. The van der Waals surface area contributed by atoms with E-state index in [1.54, 1.807) is 16.2 Å². The molecule has 0 amide bonds. The Kier molecular flexibility index (Phi) is 4.39. The van der Waals surface area contributed by atoms with Gasteiger partial charge in [-0.05, 0) is 52.9 Å². The molecule has 0 aliphatic heterocycles. The Bertz CT molecular complexity index is 2710. The van der Waals surface area contributed by atoms with Crippen LogP contribution in [-0.4, -0.2) is 0 Å². The molecule has 43 heavy (non-hydrogen) atoms. The van der Waals surface area contributed by atoms with Crippen molar-refractivity contribution >= 4 is 81.3 Å². The number of anilines is 3. The van der Waals surface area contributed by atoms with E-state index < -0.39 is 18.1 Å². The van der Waals surface area contributed by atoms with Gasteiger partial charge in [-0.1, -0.05) is 115 Å². The van der Waals surface area contributed by atoms with E-state index in [1.165, 1.54) is 15.5 Å². The lowest BCUT2D eigenvalue weighted by Crippen LogP contribution is -2.10. The number of fused-ring (bicyclic) bond motifs is 10. The maximum Gasteiger partial charge on any atom is 0.159 e. The SMILES string of the molecule is [2H]c1c([2H])c([2H])c(N(c2ccc(-c3ccccc3)cc2)c2cccc3c2oc2c4ccccc4c4c5ccccc5sc4c32)c([2H])c1[2H]. The molecule has 0 saturated heterocycles. The maximum atomic E-state index is 8.99. The number of benzene rings is 7. The maximum absolute atomic E-state index is 8.99. The predicted molar refractivity (Wildman–Crippen MR) is 184 cm³/mol. The quantitative estimate of drug-likeness (QED) is 0.209. The first-order valence-electron chi connectivity index (χ1n) is 16.6. The second-order valence-electron chi connectivity index (χ2n) is 10.5. The van der Waals surface area contributed by atoms with Crippen molar-refractivity contribution in [3.63, 3.8) is 0 Å². The van der Waals surface area contributed by atoms with E-state index in [2.05, 4.69) is 36.4 Å². The molecule has 9 rings (SSSR count). The standard InChI is InChI=1S/C40H25NOS/c1-3-12-26(13-4-1)27-22-24-29(25-23-27)41(28-14-5-2-6-15-28)34-20-11-19-33-37-39(42-38(33)34)31-17-8-7-16-30(31)36-32-18-9-10-21-35(32)43-40(36)37/h1-25H/i2D,5D,6D,14D,15D. The lowest BCUT2D eigenvalue weighted by Gasteiger charge is -2.25. The van der Waals surface area contributed by atoms with Gasteiger partial charge in [-0.3, -0.25) is 0 Å². The number of furan rings is 1. The minimum Gasteiger partial charge on any atom is -0.453 e. The van der Waals surface area contributed by atoms with Gasteiger partial charge in [0, 0.05) is 47.7 Å². The first kappa shape index (κ1) is 19.7. The molecule has 0 fully saturated rings. The average Bonchev–Trinajstić information content (AvgIpc) is 3.72. The number of para-hydroxylation sites is 2. The fraction of sp³-hybridized carbons (Fsp3) is 0. The van der Waals surface area contributed by atoms with Crippen molar-refractivity contribution in [3.05, 3.63) is 152 Å². The second kappa shape index (κ2) is 9.59. The smallest absolute Gasteiger partial charge is 0.159 e. The Morgan fingerprint density at radius 2 is 1.19 bits per heavy atom. The zero-order valence-electron chi connectivity index (χ0n) is 27.8.